The SMILES string of the molecule is CC(=O)NCCC#Cc1cc(Cl)c(F)c(Cl)c1. The molecule has 5 heteroatoms. The van der Waals surface area contributed by atoms with Gasteiger partial charge in [-0.05, 0) is 12.1 Å². The van der Waals surface area contributed by atoms with Gasteiger partial charge in [-0.15, -0.1) is 0 Å². The van der Waals surface area contributed by atoms with Crippen LogP contribution in [0.15, 0.2) is 12.1 Å². The maximum absolute atomic E-state index is 13.1. The monoisotopic (exact) mass is 273 g/mol. The minimum atomic E-state index is -0.642. The topological polar surface area (TPSA) is 29.1 Å². The van der Waals surface area contributed by atoms with E-state index < -0.39 is 5.82 Å². The van der Waals surface area contributed by atoms with Gasteiger partial charge in [-0.25, -0.2) is 4.39 Å². The maximum atomic E-state index is 13.1. The van der Waals surface area contributed by atoms with E-state index in [4.69, 9.17) is 23.2 Å². The van der Waals surface area contributed by atoms with E-state index in [0.717, 1.165) is 0 Å². The van der Waals surface area contributed by atoms with Gasteiger partial charge >= 0.3 is 0 Å². The van der Waals surface area contributed by atoms with E-state index in [9.17, 15) is 9.18 Å². The van der Waals surface area contributed by atoms with Crippen molar-refractivity contribution in [2.75, 3.05) is 6.54 Å². The molecule has 90 valence electrons. The quantitative estimate of drug-likeness (QED) is 0.501. The maximum Gasteiger partial charge on any atom is 0.216 e. The van der Waals surface area contributed by atoms with Crippen molar-refractivity contribution in [1.29, 1.82) is 0 Å². The Morgan fingerprint density at radius 1 is 1.41 bits per heavy atom. The Labute approximate surface area is 109 Å². The molecule has 0 spiro atoms. The van der Waals surface area contributed by atoms with Gasteiger partial charge in [0.2, 0.25) is 5.91 Å². The second-order valence-electron chi connectivity index (χ2n) is 3.29. The van der Waals surface area contributed by atoms with Crippen molar-refractivity contribution in [3.63, 3.8) is 0 Å². The predicted molar refractivity (Wildman–Crippen MR) is 66.6 cm³/mol. The van der Waals surface area contributed by atoms with Crippen LogP contribution < -0.4 is 5.32 Å². The second-order valence-corrected chi connectivity index (χ2v) is 4.10. The van der Waals surface area contributed by atoms with Crippen molar-refractivity contribution in [3.8, 4) is 11.8 Å². The van der Waals surface area contributed by atoms with Gasteiger partial charge in [0, 0.05) is 25.5 Å². The Kier molecular flexibility index (Phi) is 5.27. The number of benzene rings is 1. The van der Waals surface area contributed by atoms with Crippen LogP contribution in [0.4, 0.5) is 4.39 Å². The lowest BCUT2D eigenvalue weighted by Crippen LogP contribution is -2.20. The summed E-state index contributed by atoms with van der Waals surface area (Å²) in [5.74, 6) is 4.88. The van der Waals surface area contributed by atoms with Crippen LogP contribution >= 0.6 is 23.2 Å². The van der Waals surface area contributed by atoms with E-state index in [1.165, 1.54) is 19.1 Å². The third kappa shape index (κ3) is 4.64. The second kappa shape index (κ2) is 6.48. The first-order valence-corrected chi connectivity index (χ1v) is 5.64. The minimum absolute atomic E-state index is 0.0522. The molecule has 0 bridgehead atoms. The fraction of sp³-hybridized carbons (Fsp3) is 0.250. The van der Waals surface area contributed by atoms with Crippen LogP contribution in [0.1, 0.15) is 18.9 Å². The van der Waals surface area contributed by atoms with Crippen LogP contribution in [0.3, 0.4) is 0 Å². The zero-order chi connectivity index (χ0) is 12.8. The highest BCUT2D eigenvalue weighted by Gasteiger charge is 2.05. The van der Waals surface area contributed by atoms with E-state index in [0.29, 0.717) is 18.5 Å². The van der Waals surface area contributed by atoms with Gasteiger partial charge in [0.1, 0.15) is 0 Å². The molecule has 0 fully saturated rings. The highest BCUT2D eigenvalue weighted by molar-refractivity contribution is 6.35. The van der Waals surface area contributed by atoms with Crippen LogP contribution in [0.25, 0.3) is 0 Å². The highest BCUT2D eigenvalue weighted by atomic mass is 35.5. The Hall–Kier alpha value is -1.24. The summed E-state index contributed by atoms with van der Waals surface area (Å²) >= 11 is 11.2. The van der Waals surface area contributed by atoms with Crippen molar-refractivity contribution >= 4 is 29.1 Å². The first-order chi connectivity index (χ1) is 8.00. The Morgan fingerprint density at radius 3 is 2.53 bits per heavy atom. The van der Waals surface area contributed by atoms with Gasteiger partial charge in [-0.1, -0.05) is 35.0 Å². The molecule has 1 aromatic carbocycles. The van der Waals surface area contributed by atoms with Crippen LogP contribution in [-0.4, -0.2) is 12.5 Å². The fourth-order valence-corrected chi connectivity index (χ4v) is 1.58. The molecule has 0 saturated heterocycles. The average molecular weight is 274 g/mol. The van der Waals surface area contributed by atoms with Crippen molar-refractivity contribution in [1.82, 2.24) is 5.32 Å². The largest absolute Gasteiger partial charge is 0.355 e. The van der Waals surface area contributed by atoms with Gasteiger partial charge in [0.25, 0.3) is 0 Å². The molecule has 0 unspecified atom stereocenters. The third-order valence-electron chi connectivity index (χ3n) is 1.84. The Morgan fingerprint density at radius 2 is 2.00 bits per heavy atom. The molecule has 0 atom stereocenters. The first-order valence-electron chi connectivity index (χ1n) is 4.88. The predicted octanol–water partition coefficient (Wildman–Crippen LogP) is 3.01. The molecule has 0 heterocycles. The number of hydrogen-bond donors (Lipinski definition) is 1. The Balaban J connectivity index is 2.63. The number of nitrogens with one attached hydrogen (secondary N) is 1. The summed E-state index contributed by atoms with van der Waals surface area (Å²) in [6.07, 6.45) is 0.506. The average Bonchev–Trinajstić information content (AvgIpc) is 2.25. The van der Waals surface area contributed by atoms with E-state index in [-0.39, 0.29) is 16.0 Å². The van der Waals surface area contributed by atoms with Gasteiger partial charge in [-0.2, -0.15) is 0 Å². The van der Waals surface area contributed by atoms with Crippen molar-refractivity contribution in [3.05, 3.63) is 33.6 Å². The zero-order valence-electron chi connectivity index (χ0n) is 9.11. The standard InChI is InChI=1S/C12H10Cl2FNO/c1-8(17)16-5-3-2-4-9-6-10(13)12(15)11(14)7-9/h6-7H,3,5H2,1H3,(H,16,17). The molecule has 0 saturated carbocycles. The van der Waals surface area contributed by atoms with Crippen molar-refractivity contribution < 1.29 is 9.18 Å². The van der Waals surface area contributed by atoms with E-state index >= 15 is 0 Å². The van der Waals surface area contributed by atoms with E-state index in [2.05, 4.69) is 17.2 Å². The summed E-state index contributed by atoms with van der Waals surface area (Å²) in [4.78, 5) is 10.6. The molecule has 1 rings (SSSR count). The van der Waals surface area contributed by atoms with Gasteiger partial charge in [-0.3, -0.25) is 4.79 Å². The van der Waals surface area contributed by atoms with Gasteiger partial charge in [0.05, 0.1) is 10.0 Å². The molecule has 0 radical (unpaired) electrons. The van der Waals surface area contributed by atoms with Crippen molar-refractivity contribution in [2.24, 2.45) is 0 Å². The molecule has 1 aromatic rings. The molecule has 0 aliphatic rings. The lowest BCUT2D eigenvalue weighted by Gasteiger charge is -1.98. The third-order valence-corrected chi connectivity index (χ3v) is 2.39. The molecular weight excluding hydrogens is 264 g/mol. The minimum Gasteiger partial charge on any atom is -0.355 e. The summed E-state index contributed by atoms with van der Waals surface area (Å²) in [5.41, 5.74) is 0.546. The molecule has 0 aliphatic carbocycles. The van der Waals surface area contributed by atoms with E-state index in [1.807, 2.05) is 0 Å². The van der Waals surface area contributed by atoms with Gasteiger partial charge < -0.3 is 5.32 Å². The molecule has 0 aliphatic heterocycles. The molecule has 17 heavy (non-hydrogen) atoms. The highest BCUT2D eigenvalue weighted by Crippen LogP contribution is 2.24. The van der Waals surface area contributed by atoms with E-state index in [1.54, 1.807) is 0 Å². The zero-order valence-corrected chi connectivity index (χ0v) is 10.6. The van der Waals surface area contributed by atoms with Crippen LogP contribution in [-0.2, 0) is 4.79 Å². The van der Waals surface area contributed by atoms with Crippen LogP contribution in [0.2, 0.25) is 10.0 Å². The molecule has 1 N–H and O–H groups in total. The molecule has 2 nitrogen and oxygen atoms in total. The summed E-state index contributed by atoms with van der Waals surface area (Å²) in [5, 5.41) is 2.51. The number of halogens is 3. The number of carbonyl (C=O) groups excluding carboxylic acids is 1. The van der Waals surface area contributed by atoms with Crippen LogP contribution in [0, 0.1) is 17.7 Å². The number of carbonyl (C=O) groups is 1. The van der Waals surface area contributed by atoms with Gasteiger partial charge in [0.15, 0.2) is 5.82 Å². The first kappa shape index (κ1) is 13.8. The van der Waals surface area contributed by atoms with Crippen molar-refractivity contribution in [2.45, 2.75) is 13.3 Å². The molecular formula is C12H10Cl2FNO. The summed E-state index contributed by atoms with van der Waals surface area (Å²) in [7, 11) is 0. The van der Waals surface area contributed by atoms with Crippen LogP contribution in [0.5, 0.6) is 0 Å². The summed E-state index contributed by atoms with van der Waals surface area (Å²) < 4.78 is 13.1. The fourth-order valence-electron chi connectivity index (χ4n) is 1.09. The normalized spacial score (nSPS) is 9.41. The number of rotatable bonds is 2. The summed E-state index contributed by atoms with van der Waals surface area (Å²) in [6, 6.07) is 2.82. The lowest BCUT2D eigenvalue weighted by atomic mass is 10.2. The lowest BCUT2D eigenvalue weighted by molar-refractivity contribution is -0.118. The number of amides is 1. The smallest absolute Gasteiger partial charge is 0.216 e. The molecule has 1 amide bonds. The molecule has 0 aromatic heterocycles. The number of hydrogen-bond acceptors (Lipinski definition) is 1. The Bertz CT molecular complexity index is 468. The summed E-state index contributed by atoms with van der Waals surface area (Å²) in [6.45, 7) is 1.91.